The normalized spacial score (nSPS) is 16.9. The van der Waals surface area contributed by atoms with Gasteiger partial charge in [0.25, 0.3) is 11.9 Å². The van der Waals surface area contributed by atoms with Gasteiger partial charge in [0.05, 0.1) is 18.5 Å². The Morgan fingerprint density at radius 1 is 1.21 bits per heavy atom. The minimum atomic E-state index is -0.996. The zero-order chi connectivity index (χ0) is 27.7. The molecule has 3 heterocycles. The number of benzene rings is 2. The number of halogens is 3. The number of aliphatic imine (C=N–C) groups is 1. The molecule has 1 aliphatic heterocycles. The van der Waals surface area contributed by atoms with Gasteiger partial charge < -0.3 is 30.2 Å². The molecule has 0 bridgehead atoms. The number of ether oxygens (including phenoxy) is 2. The summed E-state index contributed by atoms with van der Waals surface area (Å²) in [7, 11) is 1.43. The van der Waals surface area contributed by atoms with Gasteiger partial charge in [-0.25, -0.2) is 23.1 Å². The quantitative estimate of drug-likeness (QED) is 0.284. The SMILES string of the molecule is CNC(=O)c1cc(F)cc(-c2c[nH]c3nccc(Oc4c(F)cc(NC5=NC[C@](C)(CO)CO5)cc4F)c23)c1. The molecular weight excluding hydrogens is 515 g/mol. The van der Waals surface area contributed by atoms with Crippen molar-refractivity contribution in [1.82, 2.24) is 15.3 Å². The van der Waals surface area contributed by atoms with Gasteiger partial charge in [-0.3, -0.25) is 4.79 Å². The van der Waals surface area contributed by atoms with E-state index in [4.69, 9.17) is 9.47 Å². The highest BCUT2D eigenvalue weighted by atomic mass is 19.1. The number of fused-ring (bicyclic) bond motifs is 1. The van der Waals surface area contributed by atoms with Crippen LogP contribution in [0.3, 0.4) is 0 Å². The van der Waals surface area contributed by atoms with Crippen LogP contribution >= 0.6 is 0 Å². The van der Waals surface area contributed by atoms with Gasteiger partial charge in [-0.15, -0.1) is 0 Å². The van der Waals surface area contributed by atoms with Crippen LogP contribution in [0.2, 0.25) is 0 Å². The number of nitrogens with zero attached hydrogens (tertiary/aromatic N) is 2. The van der Waals surface area contributed by atoms with E-state index in [2.05, 4.69) is 25.6 Å². The number of carbonyl (C=O) groups is 1. The van der Waals surface area contributed by atoms with Crippen molar-refractivity contribution in [2.24, 2.45) is 10.4 Å². The zero-order valence-electron chi connectivity index (χ0n) is 20.9. The van der Waals surface area contributed by atoms with Crippen molar-refractivity contribution < 1.29 is 32.5 Å². The Balaban J connectivity index is 1.47. The number of nitrogens with one attached hydrogen (secondary N) is 3. The number of anilines is 1. The van der Waals surface area contributed by atoms with E-state index in [-0.39, 0.29) is 42.8 Å². The van der Waals surface area contributed by atoms with E-state index in [1.165, 1.54) is 31.4 Å². The maximum Gasteiger partial charge on any atom is 0.289 e. The van der Waals surface area contributed by atoms with Crippen LogP contribution < -0.4 is 15.4 Å². The molecule has 0 radical (unpaired) electrons. The monoisotopic (exact) mass is 539 g/mol. The molecule has 0 spiro atoms. The third-order valence-corrected chi connectivity index (χ3v) is 6.24. The molecule has 202 valence electrons. The smallest absolute Gasteiger partial charge is 0.289 e. The van der Waals surface area contributed by atoms with Crippen molar-refractivity contribution in [3.63, 3.8) is 0 Å². The molecule has 5 rings (SSSR count). The number of hydrogen-bond acceptors (Lipinski definition) is 7. The number of carbonyl (C=O) groups excluding carboxylic acids is 1. The van der Waals surface area contributed by atoms with Gasteiger partial charge in [-0.05, 0) is 29.8 Å². The fraction of sp³-hybridized carbons (Fsp3) is 0.222. The van der Waals surface area contributed by atoms with Gasteiger partial charge in [0, 0.05) is 53.8 Å². The van der Waals surface area contributed by atoms with Gasteiger partial charge >= 0.3 is 0 Å². The summed E-state index contributed by atoms with van der Waals surface area (Å²) in [4.78, 5) is 23.4. The van der Waals surface area contributed by atoms with Crippen molar-refractivity contribution in [2.45, 2.75) is 6.92 Å². The number of rotatable bonds is 6. The average molecular weight is 540 g/mol. The summed E-state index contributed by atoms with van der Waals surface area (Å²) in [6.45, 7) is 2.16. The predicted molar refractivity (Wildman–Crippen MR) is 138 cm³/mol. The highest BCUT2D eigenvalue weighted by Gasteiger charge is 2.29. The first kappa shape index (κ1) is 26.0. The van der Waals surface area contributed by atoms with Crippen LogP contribution in [0.1, 0.15) is 17.3 Å². The third-order valence-electron chi connectivity index (χ3n) is 6.24. The standard InChI is InChI=1S/C27H24F3N5O4/c1-27(12-36)11-34-26(38-13-27)35-17-8-19(29)23(20(30)9-17)39-21-3-4-32-24-22(21)18(10-33-24)14-5-15(25(37)31-2)7-16(28)6-14/h3-10,36H,11-13H2,1-2H3,(H,31,37)(H,32,33)(H,34,35)/t27-/m1/s1. The molecule has 2 aromatic heterocycles. The average Bonchev–Trinajstić information content (AvgIpc) is 3.36. The molecule has 4 aromatic rings. The Hall–Kier alpha value is -4.58. The molecule has 12 heteroatoms. The largest absolute Gasteiger partial charge is 0.464 e. The molecule has 0 saturated heterocycles. The molecule has 2 aromatic carbocycles. The summed E-state index contributed by atoms with van der Waals surface area (Å²) >= 11 is 0. The summed E-state index contributed by atoms with van der Waals surface area (Å²) < 4.78 is 55.7. The lowest BCUT2D eigenvalue weighted by molar-refractivity contribution is 0.0706. The lowest BCUT2D eigenvalue weighted by Gasteiger charge is -2.30. The number of aliphatic hydroxyl groups excluding tert-OH is 1. The topological polar surface area (TPSA) is 121 Å². The second-order valence-corrected chi connectivity index (χ2v) is 9.42. The minimum Gasteiger partial charge on any atom is -0.464 e. The van der Waals surface area contributed by atoms with E-state index < -0.39 is 34.5 Å². The number of hydrogen-bond donors (Lipinski definition) is 4. The van der Waals surface area contributed by atoms with Gasteiger partial charge in [0.1, 0.15) is 23.8 Å². The zero-order valence-corrected chi connectivity index (χ0v) is 20.9. The van der Waals surface area contributed by atoms with Crippen LogP contribution in [-0.2, 0) is 4.74 Å². The van der Waals surface area contributed by atoms with E-state index in [9.17, 15) is 14.3 Å². The fourth-order valence-electron chi connectivity index (χ4n) is 4.09. The molecule has 0 unspecified atom stereocenters. The molecule has 39 heavy (non-hydrogen) atoms. The Kier molecular flexibility index (Phi) is 6.87. The van der Waals surface area contributed by atoms with E-state index >= 15 is 8.78 Å². The first-order valence-electron chi connectivity index (χ1n) is 11.9. The molecule has 0 aliphatic carbocycles. The molecule has 0 fully saturated rings. The van der Waals surface area contributed by atoms with Crippen molar-refractivity contribution >= 4 is 28.6 Å². The van der Waals surface area contributed by atoms with Crippen LogP contribution in [0.15, 0.2) is 53.8 Å². The molecule has 0 saturated carbocycles. The first-order valence-corrected chi connectivity index (χ1v) is 11.9. The maximum absolute atomic E-state index is 15.1. The number of H-pyrrole nitrogens is 1. The molecule has 1 amide bonds. The number of aliphatic hydroxyl groups is 1. The third kappa shape index (κ3) is 5.23. The van der Waals surface area contributed by atoms with Gasteiger partial charge in [-0.2, -0.15) is 0 Å². The van der Waals surface area contributed by atoms with E-state index in [1.54, 1.807) is 13.1 Å². The molecule has 1 aliphatic rings. The summed E-state index contributed by atoms with van der Waals surface area (Å²) in [5.41, 5.74) is 0.702. The molecule has 4 N–H and O–H groups in total. The van der Waals surface area contributed by atoms with Crippen LogP contribution in [0.25, 0.3) is 22.2 Å². The van der Waals surface area contributed by atoms with Gasteiger partial charge in [0.2, 0.25) is 0 Å². The van der Waals surface area contributed by atoms with Crippen LogP contribution in [0, 0.1) is 22.9 Å². The van der Waals surface area contributed by atoms with Crippen LogP contribution in [-0.4, -0.2) is 53.8 Å². The minimum absolute atomic E-state index is 0.0485. The van der Waals surface area contributed by atoms with E-state index in [1.807, 2.05) is 0 Å². The number of aromatic nitrogens is 2. The lowest BCUT2D eigenvalue weighted by Crippen LogP contribution is -2.38. The highest BCUT2D eigenvalue weighted by molar-refractivity contribution is 6.00. The van der Waals surface area contributed by atoms with Crippen molar-refractivity contribution in [1.29, 1.82) is 0 Å². The molecular formula is C27H24F3N5O4. The van der Waals surface area contributed by atoms with E-state index in [0.29, 0.717) is 22.2 Å². The Bertz CT molecular complexity index is 1580. The van der Waals surface area contributed by atoms with Crippen molar-refractivity contribution in [2.75, 3.05) is 32.1 Å². The Morgan fingerprint density at radius 2 is 1.97 bits per heavy atom. The summed E-state index contributed by atoms with van der Waals surface area (Å²) in [5, 5.41) is 14.9. The summed E-state index contributed by atoms with van der Waals surface area (Å²) in [5.74, 6) is -3.71. The van der Waals surface area contributed by atoms with Crippen LogP contribution in [0.5, 0.6) is 11.5 Å². The fourth-order valence-corrected chi connectivity index (χ4v) is 4.09. The van der Waals surface area contributed by atoms with Crippen LogP contribution in [0.4, 0.5) is 18.9 Å². The lowest BCUT2D eigenvalue weighted by atomic mass is 9.93. The first-order chi connectivity index (χ1) is 18.7. The Labute approximate surface area is 220 Å². The number of aromatic amines is 1. The predicted octanol–water partition coefficient (Wildman–Crippen LogP) is 4.60. The maximum atomic E-state index is 15.1. The van der Waals surface area contributed by atoms with E-state index in [0.717, 1.165) is 18.2 Å². The number of amidine groups is 1. The highest BCUT2D eigenvalue weighted by Crippen LogP contribution is 2.39. The van der Waals surface area contributed by atoms with Crippen molar-refractivity contribution in [3.05, 3.63) is 71.8 Å². The Morgan fingerprint density at radius 3 is 2.64 bits per heavy atom. The second-order valence-electron chi connectivity index (χ2n) is 9.42. The molecule has 9 nitrogen and oxygen atoms in total. The number of amides is 1. The van der Waals surface area contributed by atoms with Gasteiger partial charge in [0.15, 0.2) is 17.4 Å². The van der Waals surface area contributed by atoms with Gasteiger partial charge in [-0.1, -0.05) is 6.92 Å². The summed E-state index contributed by atoms with van der Waals surface area (Å²) in [6.07, 6.45) is 2.93. The molecule has 1 atom stereocenters. The number of pyridine rings is 1. The van der Waals surface area contributed by atoms with Crippen molar-refractivity contribution in [3.8, 4) is 22.6 Å². The summed E-state index contributed by atoms with van der Waals surface area (Å²) in [6, 6.07) is 7.38. The second kappa shape index (κ2) is 10.3.